The second kappa shape index (κ2) is 8.23. The highest BCUT2D eigenvalue weighted by Crippen LogP contribution is 2.29. The number of carbonyl (C=O) groups is 2. The van der Waals surface area contributed by atoms with Gasteiger partial charge in [0.25, 0.3) is 0 Å². The monoisotopic (exact) mass is 364 g/mol. The molecule has 3 aromatic carbocycles. The van der Waals surface area contributed by atoms with E-state index in [1.54, 1.807) is 43.5 Å². The predicted molar refractivity (Wildman–Crippen MR) is 104 cm³/mol. The van der Waals surface area contributed by atoms with Crippen molar-refractivity contribution in [3.63, 3.8) is 0 Å². The molecule has 3 N–H and O–H groups in total. The number of ether oxygens (including phenoxy) is 1. The summed E-state index contributed by atoms with van der Waals surface area (Å²) in [5, 5.41) is 16.4. The van der Waals surface area contributed by atoms with E-state index in [1.165, 1.54) is 0 Å². The van der Waals surface area contributed by atoms with E-state index in [9.17, 15) is 14.7 Å². The molecule has 27 heavy (non-hydrogen) atoms. The molecule has 0 heterocycles. The van der Waals surface area contributed by atoms with Crippen LogP contribution in [-0.2, 0) is 16.0 Å². The molecular weight excluding hydrogens is 344 g/mol. The first-order valence-corrected chi connectivity index (χ1v) is 8.52. The van der Waals surface area contributed by atoms with E-state index in [4.69, 9.17) is 4.74 Å². The van der Waals surface area contributed by atoms with Crippen LogP contribution in [0.2, 0.25) is 0 Å². The Hall–Kier alpha value is -3.54. The highest BCUT2D eigenvalue weighted by atomic mass is 16.5. The van der Waals surface area contributed by atoms with Crippen LogP contribution in [0.4, 0.5) is 5.69 Å². The normalized spacial score (nSPS) is 10.4. The summed E-state index contributed by atoms with van der Waals surface area (Å²) in [6, 6.07) is 17.7. The maximum atomic E-state index is 12.2. The smallest absolute Gasteiger partial charge is 0.313 e. The number of amides is 2. The Labute approximate surface area is 156 Å². The van der Waals surface area contributed by atoms with Crippen molar-refractivity contribution < 1.29 is 19.4 Å². The number of fused-ring (bicyclic) bond motifs is 1. The van der Waals surface area contributed by atoms with Crippen molar-refractivity contribution in [3.05, 3.63) is 66.2 Å². The van der Waals surface area contributed by atoms with Crippen LogP contribution in [0, 0.1) is 0 Å². The zero-order valence-corrected chi connectivity index (χ0v) is 14.9. The quantitative estimate of drug-likeness (QED) is 0.608. The molecule has 0 atom stereocenters. The van der Waals surface area contributed by atoms with Gasteiger partial charge in [-0.15, -0.1) is 0 Å². The molecule has 0 aliphatic rings. The van der Waals surface area contributed by atoms with Gasteiger partial charge in [0.1, 0.15) is 11.5 Å². The van der Waals surface area contributed by atoms with Crippen LogP contribution in [0.15, 0.2) is 60.7 Å². The zero-order chi connectivity index (χ0) is 19.2. The number of aromatic hydroxyl groups is 1. The molecule has 3 rings (SSSR count). The number of nitrogens with one attached hydrogen (secondary N) is 2. The fourth-order valence-electron chi connectivity index (χ4n) is 2.88. The molecular formula is C21H20N2O4. The Balaban J connectivity index is 1.62. The van der Waals surface area contributed by atoms with Crippen LogP contribution in [0.25, 0.3) is 10.8 Å². The van der Waals surface area contributed by atoms with Crippen molar-refractivity contribution in [1.29, 1.82) is 0 Å². The van der Waals surface area contributed by atoms with Gasteiger partial charge in [0.15, 0.2) is 0 Å². The average Bonchev–Trinajstić information content (AvgIpc) is 2.69. The molecule has 2 amide bonds. The van der Waals surface area contributed by atoms with Crippen molar-refractivity contribution in [1.82, 2.24) is 5.32 Å². The minimum Gasteiger partial charge on any atom is -0.507 e. The minimum atomic E-state index is -0.758. The number of hydrogen-bond acceptors (Lipinski definition) is 4. The number of para-hydroxylation sites is 1. The summed E-state index contributed by atoms with van der Waals surface area (Å²) in [6.07, 6.45) is 0.547. The SMILES string of the molecule is COc1ccccc1CCNC(=O)C(=O)Nc1cccc2c(O)cccc12. The molecule has 0 bridgehead atoms. The van der Waals surface area contributed by atoms with Crippen molar-refractivity contribution in [2.75, 3.05) is 19.0 Å². The molecule has 138 valence electrons. The van der Waals surface area contributed by atoms with E-state index in [0.717, 1.165) is 11.3 Å². The molecule has 0 aromatic heterocycles. The topological polar surface area (TPSA) is 87.7 Å². The number of methoxy groups -OCH3 is 1. The highest BCUT2D eigenvalue weighted by Gasteiger charge is 2.15. The number of phenols is 1. The molecule has 0 unspecified atom stereocenters. The summed E-state index contributed by atoms with van der Waals surface area (Å²) in [6.45, 7) is 0.308. The molecule has 6 heteroatoms. The second-order valence-electron chi connectivity index (χ2n) is 5.95. The highest BCUT2D eigenvalue weighted by molar-refractivity contribution is 6.40. The zero-order valence-electron chi connectivity index (χ0n) is 14.9. The van der Waals surface area contributed by atoms with Crippen molar-refractivity contribution in [3.8, 4) is 11.5 Å². The molecule has 6 nitrogen and oxygen atoms in total. The van der Waals surface area contributed by atoms with Crippen LogP contribution >= 0.6 is 0 Å². The molecule has 0 aliphatic heterocycles. The number of hydrogen-bond donors (Lipinski definition) is 3. The van der Waals surface area contributed by atoms with E-state index in [0.29, 0.717) is 29.4 Å². The maximum absolute atomic E-state index is 12.2. The lowest BCUT2D eigenvalue weighted by Gasteiger charge is -2.11. The Morgan fingerprint density at radius 2 is 1.67 bits per heavy atom. The largest absolute Gasteiger partial charge is 0.507 e. The van der Waals surface area contributed by atoms with Gasteiger partial charge >= 0.3 is 11.8 Å². The number of benzene rings is 3. The van der Waals surface area contributed by atoms with Gasteiger partial charge in [-0.1, -0.05) is 42.5 Å². The average molecular weight is 364 g/mol. The second-order valence-corrected chi connectivity index (χ2v) is 5.95. The van der Waals surface area contributed by atoms with Gasteiger partial charge in [-0.3, -0.25) is 9.59 Å². The Morgan fingerprint density at radius 1 is 0.926 bits per heavy atom. The molecule has 0 spiro atoms. The summed E-state index contributed by atoms with van der Waals surface area (Å²) in [4.78, 5) is 24.3. The summed E-state index contributed by atoms with van der Waals surface area (Å²) in [5.41, 5.74) is 1.42. The van der Waals surface area contributed by atoms with E-state index < -0.39 is 11.8 Å². The number of carbonyl (C=O) groups excluding carboxylic acids is 2. The van der Waals surface area contributed by atoms with Crippen LogP contribution < -0.4 is 15.4 Å². The molecule has 0 saturated carbocycles. The first-order chi connectivity index (χ1) is 13.1. The van der Waals surface area contributed by atoms with Crippen LogP contribution in [0.5, 0.6) is 11.5 Å². The molecule has 0 saturated heterocycles. The number of rotatable bonds is 5. The maximum Gasteiger partial charge on any atom is 0.313 e. The van der Waals surface area contributed by atoms with Crippen molar-refractivity contribution >= 4 is 28.3 Å². The van der Waals surface area contributed by atoms with Gasteiger partial charge in [-0.2, -0.15) is 0 Å². The van der Waals surface area contributed by atoms with Gasteiger partial charge in [0.2, 0.25) is 0 Å². The lowest BCUT2D eigenvalue weighted by molar-refractivity contribution is -0.136. The minimum absolute atomic E-state index is 0.116. The summed E-state index contributed by atoms with van der Waals surface area (Å²) in [5.74, 6) is -0.621. The lowest BCUT2D eigenvalue weighted by atomic mass is 10.1. The van der Waals surface area contributed by atoms with Gasteiger partial charge in [0.05, 0.1) is 7.11 Å². The molecule has 3 aromatic rings. The van der Waals surface area contributed by atoms with E-state index in [-0.39, 0.29) is 5.75 Å². The standard InChI is InChI=1S/C21H20N2O4/c1-27-19-11-3-2-6-14(19)12-13-22-20(25)21(26)23-17-9-4-8-16-15(17)7-5-10-18(16)24/h2-11,24H,12-13H2,1H3,(H,22,25)(H,23,26). The third kappa shape index (κ3) is 4.17. The Morgan fingerprint density at radius 3 is 2.48 bits per heavy atom. The van der Waals surface area contributed by atoms with Crippen LogP contribution in [0.1, 0.15) is 5.56 Å². The Kier molecular flexibility index (Phi) is 5.56. The van der Waals surface area contributed by atoms with Crippen molar-refractivity contribution in [2.24, 2.45) is 0 Å². The van der Waals surface area contributed by atoms with Gasteiger partial charge < -0.3 is 20.5 Å². The summed E-state index contributed by atoms with van der Waals surface area (Å²) >= 11 is 0. The fraction of sp³-hybridized carbons (Fsp3) is 0.143. The van der Waals surface area contributed by atoms with Crippen LogP contribution in [0.3, 0.4) is 0 Å². The summed E-state index contributed by atoms with van der Waals surface area (Å²) < 4.78 is 5.27. The lowest BCUT2D eigenvalue weighted by Crippen LogP contribution is -2.36. The first kappa shape index (κ1) is 18.3. The fourth-order valence-corrected chi connectivity index (χ4v) is 2.88. The van der Waals surface area contributed by atoms with E-state index in [2.05, 4.69) is 10.6 Å². The third-order valence-corrected chi connectivity index (χ3v) is 4.23. The van der Waals surface area contributed by atoms with E-state index in [1.807, 2.05) is 24.3 Å². The number of phenolic OH excluding ortho intramolecular Hbond substituents is 1. The van der Waals surface area contributed by atoms with Crippen molar-refractivity contribution in [2.45, 2.75) is 6.42 Å². The predicted octanol–water partition coefficient (Wildman–Crippen LogP) is 2.85. The first-order valence-electron chi connectivity index (χ1n) is 8.52. The molecule has 0 aliphatic carbocycles. The Bertz CT molecular complexity index is 985. The number of anilines is 1. The van der Waals surface area contributed by atoms with Gasteiger partial charge in [-0.25, -0.2) is 0 Å². The summed E-state index contributed by atoms with van der Waals surface area (Å²) in [7, 11) is 1.59. The third-order valence-electron chi connectivity index (χ3n) is 4.23. The molecule has 0 radical (unpaired) electrons. The van der Waals surface area contributed by atoms with E-state index >= 15 is 0 Å². The van der Waals surface area contributed by atoms with Gasteiger partial charge in [0, 0.05) is 23.0 Å². The van der Waals surface area contributed by atoms with Gasteiger partial charge in [-0.05, 0) is 30.2 Å². The molecule has 0 fully saturated rings. The van der Waals surface area contributed by atoms with Crippen LogP contribution in [-0.4, -0.2) is 30.6 Å².